The molecule has 0 aromatic rings. The molecule has 12 unspecified atom stereocenters. The van der Waals surface area contributed by atoms with Crippen LogP contribution in [0.25, 0.3) is 0 Å². The fourth-order valence-corrected chi connectivity index (χ4v) is 11.5. The second-order valence-corrected chi connectivity index (χ2v) is 18.3. The van der Waals surface area contributed by atoms with Crippen LogP contribution in [-0.2, 0) is 17.4 Å². The van der Waals surface area contributed by atoms with E-state index in [1.807, 2.05) is 23.7 Å². The topological polar surface area (TPSA) is 0 Å². The van der Waals surface area contributed by atoms with Gasteiger partial charge in [-0.15, -0.1) is 0 Å². The summed E-state index contributed by atoms with van der Waals surface area (Å²) in [5.41, 5.74) is 2.81. The number of rotatable bonds is 0. The molecule has 1 heteroatoms. The van der Waals surface area contributed by atoms with E-state index in [4.69, 9.17) is 0 Å². The largest absolute Gasteiger partial charge is 4.00 e. The van der Waals surface area contributed by atoms with E-state index in [0.717, 1.165) is 47.3 Å². The maximum Gasteiger partial charge on any atom is 4.00 e. The Labute approximate surface area is 269 Å². The summed E-state index contributed by atoms with van der Waals surface area (Å²) in [7, 11) is 0. The van der Waals surface area contributed by atoms with Gasteiger partial charge in [-0.2, -0.15) is 75.0 Å². The zero-order valence-electron chi connectivity index (χ0n) is 29.5. The van der Waals surface area contributed by atoms with E-state index in [9.17, 15) is 0 Å². The van der Waals surface area contributed by atoms with Crippen LogP contribution >= 0.6 is 0 Å². The molecule has 8 fully saturated rings. The van der Waals surface area contributed by atoms with Crippen LogP contribution in [0.2, 0.25) is 0 Å². The first-order valence-electron chi connectivity index (χ1n) is 17.9. The zero-order valence-corrected chi connectivity index (χ0v) is 30.8. The molecular formula is C40H68Cr. The third kappa shape index (κ3) is 5.95. The fourth-order valence-electron chi connectivity index (χ4n) is 11.5. The Hall–Kier alpha value is 0.532. The average Bonchev–Trinajstić information content (AvgIpc) is 3.78. The normalized spacial score (nSPS) is 53.0. The molecule has 8 saturated carbocycles. The monoisotopic (exact) mass is 600 g/mol. The maximum absolute atomic E-state index is 2.47. The van der Waals surface area contributed by atoms with E-state index in [0.29, 0.717) is 21.7 Å². The summed E-state index contributed by atoms with van der Waals surface area (Å²) >= 11 is 0. The molecule has 0 heterocycles. The minimum atomic E-state index is 0. The molecule has 8 bridgehead atoms. The van der Waals surface area contributed by atoms with Gasteiger partial charge in [0.1, 0.15) is 0 Å². The van der Waals surface area contributed by atoms with Crippen molar-refractivity contribution in [1.29, 1.82) is 0 Å². The molecule has 0 nitrogen and oxygen atoms in total. The van der Waals surface area contributed by atoms with E-state index < -0.39 is 0 Å². The van der Waals surface area contributed by atoms with Gasteiger partial charge in [0.15, 0.2) is 0 Å². The minimum absolute atomic E-state index is 0. The summed E-state index contributed by atoms with van der Waals surface area (Å²) in [5, 5.41) is 0. The van der Waals surface area contributed by atoms with Crippen LogP contribution in [0.4, 0.5) is 0 Å². The molecule has 0 radical (unpaired) electrons. The standard InChI is InChI=1S/4C10H17.Cr/c4*1-7-8(2)10(3)5-4-9(7)6-10;/h4*7-8H,4-6H2,1-3H3;/q4*-1;+4. The van der Waals surface area contributed by atoms with Gasteiger partial charge in [-0.1, -0.05) is 154 Å². The Morgan fingerprint density at radius 3 is 0.610 bits per heavy atom. The summed E-state index contributed by atoms with van der Waals surface area (Å²) in [4.78, 5) is 0. The summed E-state index contributed by atoms with van der Waals surface area (Å²) < 4.78 is 0. The van der Waals surface area contributed by atoms with Gasteiger partial charge >= 0.3 is 17.4 Å². The Morgan fingerprint density at radius 2 is 0.537 bits per heavy atom. The molecule has 0 aliphatic heterocycles. The van der Waals surface area contributed by atoms with Crippen molar-refractivity contribution in [3.05, 3.63) is 23.7 Å². The van der Waals surface area contributed by atoms with Crippen molar-refractivity contribution in [2.45, 2.75) is 160 Å². The number of hydrogen-bond donors (Lipinski definition) is 0. The fraction of sp³-hybridized carbons (Fsp3) is 0.900. The Morgan fingerprint density at radius 1 is 0.366 bits per heavy atom. The van der Waals surface area contributed by atoms with Crippen LogP contribution in [0.3, 0.4) is 0 Å². The third-order valence-corrected chi connectivity index (χ3v) is 16.6. The van der Waals surface area contributed by atoms with Gasteiger partial charge in [-0.25, -0.2) is 0 Å². The molecule has 0 aromatic carbocycles. The Bertz CT molecular complexity index is 751. The summed E-state index contributed by atoms with van der Waals surface area (Å²) in [6.07, 6.45) is 17.4. The van der Waals surface area contributed by atoms with Gasteiger partial charge in [0, 0.05) is 0 Å². The molecule has 8 rings (SSSR count). The van der Waals surface area contributed by atoms with Crippen LogP contribution in [-0.4, -0.2) is 0 Å². The van der Waals surface area contributed by atoms with Gasteiger partial charge in [0.2, 0.25) is 0 Å². The van der Waals surface area contributed by atoms with Gasteiger partial charge in [0.25, 0.3) is 0 Å². The molecule has 0 saturated heterocycles. The summed E-state index contributed by atoms with van der Waals surface area (Å²) in [5.74, 6) is 15.0. The molecule has 0 N–H and O–H groups in total. The minimum Gasteiger partial charge on any atom is -0.310 e. The van der Waals surface area contributed by atoms with Crippen LogP contribution in [0, 0.1) is 92.7 Å². The second kappa shape index (κ2) is 12.0. The van der Waals surface area contributed by atoms with Gasteiger partial charge in [-0.05, 0) is 0 Å². The Balaban J connectivity index is 0.000000125. The van der Waals surface area contributed by atoms with Crippen molar-refractivity contribution < 1.29 is 17.4 Å². The van der Waals surface area contributed by atoms with Gasteiger partial charge < -0.3 is 23.7 Å². The summed E-state index contributed by atoms with van der Waals surface area (Å²) in [6, 6.07) is 0. The smallest absolute Gasteiger partial charge is 0.310 e. The van der Waals surface area contributed by atoms with Crippen LogP contribution < -0.4 is 0 Å². The van der Waals surface area contributed by atoms with E-state index >= 15 is 0 Å². The predicted molar refractivity (Wildman–Crippen MR) is 174 cm³/mol. The average molecular weight is 601 g/mol. The first kappa shape index (κ1) is 34.4. The molecular weight excluding hydrogens is 532 g/mol. The van der Waals surface area contributed by atoms with Crippen LogP contribution in [0.5, 0.6) is 0 Å². The molecule has 8 aliphatic carbocycles. The van der Waals surface area contributed by atoms with Crippen molar-refractivity contribution in [2.24, 2.45) is 69.0 Å². The zero-order chi connectivity index (χ0) is 29.4. The predicted octanol–water partition coefficient (Wildman–Crippen LogP) is 12.1. The second-order valence-electron chi connectivity index (χ2n) is 18.3. The van der Waals surface area contributed by atoms with E-state index in [-0.39, 0.29) is 17.4 Å². The molecule has 41 heavy (non-hydrogen) atoms. The van der Waals surface area contributed by atoms with Crippen LogP contribution in [0.15, 0.2) is 0 Å². The van der Waals surface area contributed by atoms with E-state index in [1.165, 1.54) is 77.0 Å². The molecule has 8 aliphatic rings. The molecule has 0 spiro atoms. The van der Waals surface area contributed by atoms with Gasteiger partial charge in [-0.3, -0.25) is 0 Å². The molecule has 234 valence electrons. The molecule has 0 amide bonds. The van der Waals surface area contributed by atoms with Gasteiger partial charge in [0.05, 0.1) is 0 Å². The SMILES string of the molecule is CC1[C-]2CCC(C)(C2)C1C.CC1[C-]2CCC(C)(C2)C1C.CC1[C-]2CCC(C)(C2)C1C.CC1[C-]2CCC(C)(C2)C1C.[Cr+4]. The number of fused-ring (bicyclic) bond motifs is 8. The molecule has 12 atom stereocenters. The van der Waals surface area contributed by atoms with Crippen molar-refractivity contribution in [3.8, 4) is 0 Å². The first-order valence-corrected chi connectivity index (χ1v) is 17.9. The first-order chi connectivity index (χ1) is 18.5. The molecule has 0 aromatic heterocycles. The summed E-state index contributed by atoms with van der Waals surface area (Å²) in [6.45, 7) is 29.2. The van der Waals surface area contributed by atoms with E-state index in [2.05, 4.69) is 83.1 Å². The van der Waals surface area contributed by atoms with Crippen molar-refractivity contribution in [1.82, 2.24) is 0 Å². The van der Waals surface area contributed by atoms with E-state index in [1.54, 1.807) is 0 Å². The van der Waals surface area contributed by atoms with Crippen molar-refractivity contribution in [3.63, 3.8) is 0 Å². The quantitative estimate of drug-likeness (QED) is 0.243. The third-order valence-electron chi connectivity index (χ3n) is 16.6. The van der Waals surface area contributed by atoms with Crippen molar-refractivity contribution >= 4 is 0 Å². The van der Waals surface area contributed by atoms with Crippen LogP contribution in [0.1, 0.15) is 160 Å². The number of hydrogen-bond acceptors (Lipinski definition) is 0. The Kier molecular flexibility index (Phi) is 10.1. The van der Waals surface area contributed by atoms with Crippen molar-refractivity contribution in [2.75, 3.05) is 0 Å². The maximum atomic E-state index is 2.47.